The van der Waals surface area contributed by atoms with Crippen molar-refractivity contribution < 1.29 is 14.1 Å². The van der Waals surface area contributed by atoms with E-state index >= 15 is 0 Å². The van der Waals surface area contributed by atoms with Crippen molar-refractivity contribution in [3.8, 4) is 17.6 Å². The first-order valence-corrected chi connectivity index (χ1v) is 18.5. The molecule has 12 heteroatoms. The minimum atomic E-state index is -0.594. The number of hydrogen-bond acceptors (Lipinski definition) is 11. The van der Waals surface area contributed by atoms with Gasteiger partial charge in [-0.25, -0.2) is 9.78 Å². The highest BCUT2D eigenvalue weighted by Gasteiger charge is 2.43. The van der Waals surface area contributed by atoms with Crippen LogP contribution < -0.4 is 10.6 Å². The lowest BCUT2D eigenvalue weighted by Crippen LogP contribution is -2.41. The molecule has 0 radical (unpaired) electrons. The fourth-order valence-electron chi connectivity index (χ4n) is 8.16. The van der Waals surface area contributed by atoms with Crippen LogP contribution in [-0.4, -0.2) is 81.9 Å². The number of fused-ring (bicyclic) bond motifs is 1. The summed E-state index contributed by atoms with van der Waals surface area (Å²) < 4.78 is 11.7. The second-order valence-corrected chi connectivity index (χ2v) is 16.4. The first-order valence-electron chi connectivity index (χ1n) is 17.7. The Balaban J connectivity index is 1.19. The zero-order valence-electron chi connectivity index (χ0n) is 28.8. The molecule has 7 rings (SSSR count). The van der Waals surface area contributed by atoms with E-state index in [0.29, 0.717) is 47.1 Å². The van der Waals surface area contributed by atoms with Crippen molar-refractivity contribution in [3.05, 3.63) is 39.6 Å². The molecule has 0 bridgehead atoms. The van der Waals surface area contributed by atoms with Crippen LogP contribution in [0.5, 0.6) is 0 Å². The van der Waals surface area contributed by atoms with Gasteiger partial charge in [-0.3, -0.25) is 4.90 Å². The van der Waals surface area contributed by atoms with Crippen LogP contribution in [0.1, 0.15) is 112 Å². The summed E-state index contributed by atoms with van der Waals surface area (Å²) >= 11 is 1.50. The van der Waals surface area contributed by atoms with Crippen LogP contribution in [0.4, 0.5) is 15.6 Å². The van der Waals surface area contributed by atoms with E-state index in [0.717, 1.165) is 67.9 Å². The number of hydrogen-bond donors (Lipinski definition) is 1. The van der Waals surface area contributed by atoms with Crippen LogP contribution in [0.2, 0.25) is 0 Å². The van der Waals surface area contributed by atoms with Crippen LogP contribution in [0, 0.1) is 11.3 Å². The molecule has 3 fully saturated rings. The standard InChI is InChI=1S/C36H48N8O3S/c1-35(2,3)46-34(45)43-16-10-23(11-17-43)24-19-27(39-29(20-24)44-18-12-25(22-44)42-14-6-5-7-15-42)32-40-33(47-41-32)36(4)13-8-9-28-30(36)26(21-37)31(38)48-28/h19-20,23,25H,5-18,22,38H2,1-4H3. The number of nitriles is 1. The Morgan fingerprint density at radius 3 is 2.58 bits per heavy atom. The number of piperidine rings is 2. The second-order valence-electron chi connectivity index (χ2n) is 15.2. The van der Waals surface area contributed by atoms with E-state index in [4.69, 9.17) is 25.0 Å². The zero-order chi connectivity index (χ0) is 33.6. The molecule has 48 heavy (non-hydrogen) atoms. The van der Waals surface area contributed by atoms with Gasteiger partial charge >= 0.3 is 6.09 Å². The number of amides is 1. The summed E-state index contributed by atoms with van der Waals surface area (Å²) in [5.41, 5.74) is 8.53. The first-order chi connectivity index (χ1) is 23.0. The number of aryl methyl sites for hydroxylation is 1. The molecular formula is C36H48N8O3S. The summed E-state index contributed by atoms with van der Waals surface area (Å²) in [5, 5.41) is 15.0. The average Bonchev–Trinajstić information content (AvgIpc) is 3.84. The average molecular weight is 673 g/mol. The Morgan fingerprint density at radius 1 is 1.08 bits per heavy atom. The quantitative estimate of drug-likeness (QED) is 0.321. The summed E-state index contributed by atoms with van der Waals surface area (Å²) in [6.45, 7) is 13.4. The van der Waals surface area contributed by atoms with Crippen molar-refractivity contribution in [2.45, 2.75) is 108 Å². The highest BCUT2D eigenvalue weighted by atomic mass is 32.1. The van der Waals surface area contributed by atoms with Gasteiger partial charge in [-0.05, 0) is 116 Å². The van der Waals surface area contributed by atoms with E-state index in [2.05, 4.69) is 40.1 Å². The molecule has 256 valence electrons. The molecule has 3 aliphatic heterocycles. The van der Waals surface area contributed by atoms with Crippen molar-refractivity contribution >= 4 is 28.2 Å². The molecule has 0 saturated carbocycles. The molecule has 3 saturated heterocycles. The van der Waals surface area contributed by atoms with Gasteiger partial charge < -0.3 is 24.8 Å². The van der Waals surface area contributed by atoms with E-state index in [1.807, 2.05) is 25.7 Å². The lowest BCUT2D eigenvalue weighted by molar-refractivity contribution is 0.0205. The van der Waals surface area contributed by atoms with E-state index in [1.165, 1.54) is 49.3 Å². The van der Waals surface area contributed by atoms with Crippen molar-refractivity contribution in [2.24, 2.45) is 0 Å². The van der Waals surface area contributed by atoms with Crippen molar-refractivity contribution in [1.29, 1.82) is 5.26 Å². The molecule has 2 unspecified atom stereocenters. The number of likely N-dealkylation sites (tertiary alicyclic amines) is 2. The fourth-order valence-corrected chi connectivity index (χ4v) is 9.35. The first kappa shape index (κ1) is 32.8. The van der Waals surface area contributed by atoms with Crippen molar-refractivity contribution in [1.82, 2.24) is 24.9 Å². The number of nitrogens with zero attached hydrogens (tertiary/aromatic N) is 7. The molecule has 3 aromatic rings. The Bertz CT molecular complexity index is 1690. The molecule has 1 amide bonds. The number of anilines is 2. The highest BCUT2D eigenvalue weighted by molar-refractivity contribution is 7.16. The highest BCUT2D eigenvalue weighted by Crippen LogP contribution is 2.48. The van der Waals surface area contributed by atoms with Gasteiger partial charge in [-0.2, -0.15) is 10.2 Å². The monoisotopic (exact) mass is 672 g/mol. The van der Waals surface area contributed by atoms with E-state index in [1.54, 1.807) is 0 Å². The third-order valence-electron chi connectivity index (χ3n) is 10.7. The number of pyridine rings is 1. The maximum Gasteiger partial charge on any atom is 0.410 e. The minimum absolute atomic E-state index is 0.247. The maximum absolute atomic E-state index is 12.8. The number of carbonyl (C=O) groups is 1. The maximum atomic E-state index is 12.8. The number of nitrogens with two attached hydrogens (primary N) is 1. The number of nitrogen functional groups attached to an aromatic ring is 1. The Kier molecular flexibility index (Phi) is 8.87. The predicted molar refractivity (Wildman–Crippen MR) is 186 cm³/mol. The number of aromatic nitrogens is 3. The third kappa shape index (κ3) is 6.39. The normalized spacial score (nSPS) is 24.0. The van der Waals surface area contributed by atoms with Crippen LogP contribution >= 0.6 is 11.3 Å². The summed E-state index contributed by atoms with van der Waals surface area (Å²) in [6.07, 6.45) is 9.12. The van der Waals surface area contributed by atoms with E-state index < -0.39 is 11.0 Å². The molecule has 2 atom stereocenters. The Morgan fingerprint density at radius 2 is 1.85 bits per heavy atom. The lowest BCUT2D eigenvalue weighted by atomic mass is 9.72. The predicted octanol–water partition coefficient (Wildman–Crippen LogP) is 6.47. The van der Waals surface area contributed by atoms with E-state index in [-0.39, 0.29) is 12.0 Å². The lowest BCUT2D eigenvalue weighted by Gasteiger charge is -2.34. The van der Waals surface area contributed by atoms with Gasteiger partial charge in [0.1, 0.15) is 28.2 Å². The minimum Gasteiger partial charge on any atom is -0.444 e. The molecule has 3 aromatic heterocycles. The van der Waals surface area contributed by atoms with Crippen LogP contribution in [-0.2, 0) is 16.6 Å². The number of rotatable bonds is 5. The summed E-state index contributed by atoms with van der Waals surface area (Å²) in [7, 11) is 0. The van der Waals surface area contributed by atoms with Gasteiger partial charge in [-0.1, -0.05) is 11.6 Å². The number of carbonyl (C=O) groups excluding carboxylic acids is 1. The molecule has 1 aliphatic carbocycles. The van der Waals surface area contributed by atoms with Crippen LogP contribution in [0.15, 0.2) is 16.7 Å². The smallest absolute Gasteiger partial charge is 0.410 e. The third-order valence-corrected chi connectivity index (χ3v) is 11.8. The van der Waals surface area contributed by atoms with Gasteiger partial charge in [0.15, 0.2) is 0 Å². The molecule has 6 heterocycles. The topological polar surface area (TPSA) is 138 Å². The van der Waals surface area contributed by atoms with Gasteiger partial charge in [0.2, 0.25) is 11.7 Å². The Labute approximate surface area is 287 Å². The van der Waals surface area contributed by atoms with Gasteiger partial charge in [0, 0.05) is 42.7 Å². The molecule has 2 N–H and O–H groups in total. The molecule has 4 aliphatic rings. The summed E-state index contributed by atoms with van der Waals surface area (Å²) in [4.78, 5) is 31.0. The molecule has 0 aromatic carbocycles. The second kappa shape index (κ2) is 13.0. The van der Waals surface area contributed by atoms with Crippen molar-refractivity contribution in [2.75, 3.05) is 49.9 Å². The summed E-state index contributed by atoms with van der Waals surface area (Å²) in [5.74, 6) is 2.17. The molecule has 11 nitrogen and oxygen atoms in total. The van der Waals surface area contributed by atoms with Crippen LogP contribution in [0.3, 0.4) is 0 Å². The largest absolute Gasteiger partial charge is 0.444 e. The van der Waals surface area contributed by atoms with Crippen LogP contribution in [0.25, 0.3) is 11.5 Å². The molecule has 0 spiro atoms. The Hall–Kier alpha value is -3.69. The van der Waals surface area contributed by atoms with Crippen molar-refractivity contribution in [3.63, 3.8) is 0 Å². The van der Waals surface area contributed by atoms with Gasteiger partial charge in [0.05, 0.1) is 11.0 Å². The number of thiophene rings is 1. The fraction of sp³-hybridized carbons (Fsp3) is 0.639. The van der Waals surface area contributed by atoms with Gasteiger partial charge in [0.25, 0.3) is 0 Å². The molecular weight excluding hydrogens is 625 g/mol. The van der Waals surface area contributed by atoms with E-state index in [9.17, 15) is 10.1 Å². The SMILES string of the molecule is CC(C)(C)OC(=O)N1CCC(c2cc(-c3noc(C4(C)CCCc5sc(N)c(C#N)c54)n3)nc(N3CCC(N4CCCCC4)C3)c2)CC1. The zero-order valence-corrected chi connectivity index (χ0v) is 29.6. The summed E-state index contributed by atoms with van der Waals surface area (Å²) in [6, 6.07) is 7.24. The number of ether oxygens (including phenoxy) is 1. The van der Waals surface area contributed by atoms with Gasteiger partial charge in [-0.15, -0.1) is 11.3 Å².